The van der Waals surface area contributed by atoms with Crippen molar-refractivity contribution in [2.45, 2.75) is 36.8 Å². The fourth-order valence-corrected chi connectivity index (χ4v) is 1.95. The molecule has 1 heterocycles. The van der Waals surface area contributed by atoms with Crippen LogP contribution in [0.1, 0.15) is 32.0 Å². The van der Waals surface area contributed by atoms with E-state index in [1.165, 1.54) is 24.6 Å². The van der Waals surface area contributed by atoms with Crippen molar-refractivity contribution in [3.05, 3.63) is 5.82 Å². The highest BCUT2D eigenvalue weighted by molar-refractivity contribution is 7.98. The number of thioether (sulfide) groups is 1. The van der Waals surface area contributed by atoms with Gasteiger partial charge in [0.1, 0.15) is 5.82 Å². The number of rotatable bonds is 3. The summed E-state index contributed by atoms with van der Waals surface area (Å²) >= 11 is 1.51. The first-order valence-corrected chi connectivity index (χ1v) is 5.99. The smallest absolute Gasteiger partial charge is 0.224 e. The Balaban J connectivity index is 2.38. The normalized spacial score (nSPS) is 18.1. The van der Waals surface area contributed by atoms with E-state index in [2.05, 4.69) is 21.9 Å². The molecule has 76 valence electrons. The molecule has 0 aromatic carbocycles. The third-order valence-corrected chi connectivity index (χ3v) is 3.37. The Morgan fingerprint density at radius 3 is 2.57 bits per heavy atom. The van der Waals surface area contributed by atoms with Crippen molar-refractivity contribution in [3.8, 4) is 0 Å². The molecule has 1 fully saturated rings. The SMILES string of the molecule is CCC1(c2nc(N)nc(SC)n2)CC1. The summed E-state index contributed by atoms with van der Waals surface area (Å²) in [5, 5.41) is 0.729. The van der Waals surface area contributed by atoms with Crippen LogP contribution in [-0.4, -0.2) is 21.2 Å². The molecule has 0 bridgehead atoms. The van der Waals surface area contributed by atoms with E-state index < -0.39 is 0 Å². The topological polar surface area (TPSA) is 64.7 Å². The number of anilines is 1. The maximum Gasteiger partial charge on any atom is 0.224 e. The third kappa shape index (κ3) is 1.56. The quantitative estimate of drug-likeness (QED) is 0.768. The lowest BCUT2D eigenvalue weighted by Crippen LogP contribution is -2.13. The van der Waals surface area contributed by atoms with Gasteiger partial charge >= 0.3 is 0 Å². The average molecular weight is 210 g/mol. The van der Waals surface area contributed by atoms with Crippen molar-refractivity contribution in [1.29, 1.82) is 0 Å². The lowest BCUT2D eigenvalue weighted by atomic mass is 10.0. The Labute approximate surface area is 87.7 Å². The molecule has 2 N–H and O–H groups in total. The molecule has 1 aromatic heterocycles. The molecule has 0 unspecified atom stereocenters. The van der Waals surface area contributed by atoms with Gasteiger partial charge in [-0.3, -0.25) is 0 Å². The van der Waals surface area contributed by atoms with E-state index in [1.807, 2.05) is 6.26 Å². The van der Waals surface area contributed by atoms with E-state index in [4.69, 9.17) is 5.73 Å². The van der Waals surface area contributed by atoms with Crippen molar-refractivity contribution in [2.24, 2.45) is 0 Å². The van der Waals surface area contributed by atoms with Crippen molar-refractivity contribution in [1.82, 2.24) is 15.0 Å². The van der Waals surface area contributed by atoms with E-state index in [1.54, 1.807) is 0 Å². The van der Waals surface area contributed by atoms with Crippen molar-refractivity contribution >= 4 is 17.7 Å². The van der Waals surface area contributed by atoms with Crippen LogP contribution >= 0.6 is 11.8 Å². The molecule has 0 amide bonds. The van der Waals surface area contributed by atoms with Gasteiger partial charge in [-0.1, -0.05) is 18.7 Å². The van der Waals surface area contributed by atoms with Gasteiger partial charge in [-0.2, -0.15) is 9.97 Å². The zero-order chi connectivity index (χ0) is 10.2. The summed E-state index contributed by atoms with van der Waals surface area (Å²) in [6, 6.07) is 0. The highest BCUT2D eigenvalue weighted by Crippen LogP contribution is 2.49. The Bertz CT molecular complexity index is 349. The van der Waals surface area contributed by atoms with Gasteiger partial charge in [0.2, 0.25) is 5.95 Å². The zero-order valence-corrected chi connectivity index (χ0v) is 9.27. The Kier molecular flexibility index (Phi) is 2.34. The van der Waals surface area contributed by atoms with Crippen LogP contribution in [0.25, 0.3) is 0 Å². The van der Waals surface area contributed by atoms with E-state index in [9.17, 15) is 0 Å². The van der Waals surface area contributed by atoms with Gasteiger partial charge in [-0.05, 0) is 25.5 Å². The van der Waals surface area contributed by atoms with Crippen LogP contribution in [0.15, 0.2) is 5.16 Å². The number of hydrogen-bond donors (Lipinski definition) is 1. The molecular weight excluding hydrogens is 196 g/mol. The summed E-state index contributed by atoms with van der Waals surface area (Å²) < 4.78 is 0. The van der Waals surface area contributed by atoms with Gasteiger partial charge < -0.3 is 5.73 Å². The Morgan fingerprint density at radius 2 is 2.07 bits per heavy atom. The molecule has 2 rings (SSSR count). The van der Waals surface area contributed by atoms with Crippen LogP contribution in [0.2, 0.25) is 0 Å². The average Bonchev–Trinajstić information content (AvgIpc) is 2.97. The van der Waals surface area contributed by atoms with E-state index in [0.717, 1.165) is 17.4 Å². The minimum atomic E-state index is 0.210. The highest BCUT2D eigenvalue weighted by Gasteiger charge is 2.45. The second-order valence-corrected chi connectivity index (χ2v) is 4.41. The number of nitrogen functional groups attached to an aromatic ring is 1. The first kappa shape index (κ1) is 9.71. The molecule has 1 aromatic rings. The lowest BCUT2D eigenvalue weighted by Gasteiger charge is -2.11. The van der Waals surface area contributed by atoms with Gasteiger partial charge in [0, 0.05) is 5.41 Å². The van der Waals surface area contributed by atoms with Crippen molar-refractivity contribution < 1.29 is 0 Å². The first-order chi connectivity index (χ1) is 6.70. The molecular formula is C9H14N4S. The van der Waals surface area contributed by atoms with Crippen LogP contribution in [0.4, 0.5) is 5.95 Å². The molecule has 0 radical (unpaired) electrons. The number of aromatic nitrogens is 3. The number of nitrogens with zero attached hydrogens (tertiary/aromatic N) is 3. The van der Waals surface area contributed by atoms with E-state index in [-0.39, 0.29) is 5.41 Å². The molecule has 4 nitrogen and oxygen atoms in total. The predicted molar refractivity (Wildman–Crippen MR) is 57.2 cm³/mol. The second kappa shape index (κ2) is 3.38. The maximum atomic E-state index is 5.64. The Morgan fingerprint density at radius 1 is 1.36 bits per heavy atom. The molecule has 0 spiro atoms. The minimum absolute atomic E-state index is 0.210. The first-order valence-electron chi connectivity index (χ1n) is 4.76. The van der Waals surface area contributed by atoms with Crippen LogP contribution in [0.5, 0.6) is 0 Å². The van der Waals surface area contributed by atoms with Gasteiger partial charge in [-0.25, -0.2) is 4.98 Å². The molecule has 0 atom stereocenters. The van der Waals surface area contributed by atoms with Gasteiger partial charge in [0.25, 0.3) is 0 Å². The molecule has 5 heteroatoms. The van der Waals surface area contributed by atoms with Crippen molar-refractivity contribution in [3.63, 3.8) is 0 Å². The van der Waals surface area contributed by atoms with Crippen LogP contribution in [0, 0.1) is 0 Å². The molecule has 0 aliphatic heterocycles. The summed E-state index contributed by atoms with van der Waals surface area (Å²) in [6.07, 6.45) is 5.40. The highest BCUT2D eigenvalue weighted by atomic mass is 32.2. The molecule has 1 aliphatic rings. The zero-order valence-electron chi connectivity index (χ0n) is 8.45. The van der Waals surface area contributed by atoms with E-state index in [0.29, 0.717) is 5.95 Å². The standard InChI is InChI=1S/C9H14N4S/c1-3-9(4-5-9)6-11-7(10)13-8(12-6)14-2/h3-5H2,1-2H3,(H2,10,11,12,13). The fourth-order valence-electron chi connectivity index (χ4n) is 1.59. The number of hydrogen-bond acceptors (Lipinski definition) is 5. The Hall–Kier alpha value is -0.840. The van der Waals surface area contributed by atoms with Gasteiger partial charge in [0.15, 0.2) is 5.16 Å². The van der Waals surface area contributed by atoms with Gasteiger partial charge in [0.05, 0.1) is 0 Å². The number of nitrogens with two attached hydrogens (primary N) is 1. The van der Waals surface area contributed by atoms with Crippen LogP contribution in [-0.2, 0) is 5.41 Å². The van der Waals surface area contributed by atoms with Crippen molar-refractivity contribution in [2.75, 3.05) is 12.0 Å². The summed E-state index contributed by atoms with van der Waals surface area (Å²) in [5.74, 6) is 1.23. The maximum absolute atomic E-state index is 5.64. The summed E-state index contributed by atoms with van der Waals surface area (Å²) in [4.78, 5) is 12.7. The fraction of sp³-hybridized carbons (Fsp3) is 0.667. The predicted octanol–water partition coefficient (Wildman–Crippen LogP) is 1.62. The minimum Gasteiger partial charge on any atom is -0.368 e. The molecule has 0 saturated heterocycles. The summed E-state index contributed by atoms with van der Waals surface area (Å²) in [6.45, 7) is 2.17. The third-order valence-electron chi connectivity index (χ3n) is 2.82. The largest absolute Gasteiger partial charge is 0.368 e. The lowest BCUT2D eigenvalue weighted by molar-refractivity contribution is 0.598. The van der Waals surface area contributed by atoms with Gasteiger partial charge in [-0.15, -0.1) is 0 Å². The summed E-state index contributed by atoms with van der Waals surface area (Å²) in [7, 11) is 0. The molecule has 14 heavy (non-hydrogen) atoms. The molecule has 1 saturated carbocycles. The monoisotopic (exact) mass is 210 g/mol. The molecule has 1 aliphatic carbocycles. The second-order valence-electron chi connectivity index (χ2n) is 3.64. The van der Waals surface area contributed by atoms with Crippen LogP contribution < -0.4 is 5.73 Å². The van der Waals surface area contributed by atoms with Crippen LogP contribution in [0.3, 0.4) is 0 Å². The van der Waals surface area contributed by atoms with E-state index >= 15 is 0 Å². The summed E-state index contributed by atoms with van der Waals surface area (Å²) in [5.41, 5.74) is 5.85.